The van der Waals surface area contributed by atoms with E-state index in [-0.39, 0.29) is 5.78 Å². The number of hydrogen-bond donors (Lipinski definition) is 1. The number of carbonyl (C=O) groups excluding carboxylic acids is 1. The number of benzene rings is 3. The van der Waals surface area contributed by atoms with E-state index in [4.69, 9.17) is 10.5 Å². The third-order valence-corrected chi connectivity index (χ3v) is 3.38. The Hall–Kier alpha value is -2.81. The van der Waals surface area contributed by atoms with Gasteiger partial charge in [-0.15, -0.1) is 0 Å². The van der Waals surface area contributed by atoms with Gasteiger partial charge in [-0.25, -0.2) is 0 Å². The molecule has 0 unspecified atom stereocenters. The molecule has 104 valence electrons. The molecule has 0 spiro atoms. The first-order chi connectivity index (χ1) is 10.1. The first-order valence-electron chi connectivity index (χ1n) is 6.71. The van der Waals surface area contributed by atoms with Crippen molar-refractivity contribution in [3.05, 3.63) is 66.2 Å². The van der Waals surface area contributed by atoms with E-state index in [1.54, 1.807) is 18.2 Å². The van der Waals surface area contributed by atoms with Gasteiger partial charge in [0.2, 0.25) is 0 Å². The lowest BCUT2D eigenvalue weighted by Crippen LogP contribution is -1.99. The van der Waals surface area contributed by atoms with E-state index in [0.29, 0.717) is 17.0 Å². The van der Waals surface area contributed by atoms with Gasteiger partial charge in [-0.1, -0.05) is 36.4 Å². The van der Waals surface area contributed by atoms with Gasteiger partial charge in [0, 0.05) is 16.6 Å². The van der Waals surface area contributed by atoms with Crippen LogP contribution in [0.2, 0.25) is 0 Å². The molecule has 0 aromatic heterocycles. The van der Waals surface area contributed by atoms with Gasteiger partial charge >= 0.3 is 0 Å². The molecule has 2 N–H and O–H groups in total. The van der Waals surface area contributed by atoms with Crippen LogP contribution in [0.25, 0.3) is 10.8 Å². The minimum absolute atomic E-state index is 0.0733. The molecule has 0 atom stereocenters. The summed E-state index contributed by atoms with van der Waals surface area (Å²) in [5, 5.41) is 2.14. The van der Waals surface area contributed by atoms with Gasteiger partial charge in [0.05, 0.1) is 0 Å². The van der Waals surface area contributed by atoms with Crippen molar-refractivity contribution >= 4 is 22.2 Å². The van der Waals surface area contributed by atoms with Crippen LogP contribution in [0.5, 0.6) is 11.5 Å². The Labute approximate surface area is 123 Å². The van der Waals surface area contributed by atoms with E-state index in [1.807, 2.05) is 42.5 Å². The Bertz CT molecular complexity index is 819. The Morgan fingerprint density at radius 3 is 2.57 bits per heavy atom. The molecule has 3 heteroatoms. The summed E-state index contributed by atoms with van der Waals surface area (Å²) in [5.74, 6) is 1.29. The molecule has 3 aromatic rings. The topological polar surface area (TPSA) is 52.3 Å². The monoisotopic (exact) mass is 277 g/mol. The fraction of sp³-hybridized carbons (Fsp3) is 0.0556. The molecule has 3 aromatic carbocycles. The predicted octanol–water partition coefficient (Wildman–Crippen LogP) is 4.42. The Morgan fingerprint density at radius 2 is 1.76 bits per heavy atom. The van der Waals surface area contributed by atoms with Crippen LogP contribution >= 0.6 is 0 Å². The van der Waals surface area contributed by atoms with Crippen molar-refractivity contribution in [2.75, 3.05) is 5.73 Å². The molecule has 3 rings (SSSR count). The van der Waals surface area contributed by atoms with Crippen molar-refractivity contribution in [2.24, 2.45) is 0 Å². The third kappa shape index (κ3) is 2.58. The Morgan fingerprint density at radius 1 is 1.00 bits per heavy atom. The summed E-state index contributed by atoms with van der Waals surface area (Å²) in [6.45, 7) is 1.49. The van der Waals surface area contributed by atoms with Gasteiger partial charge < -0.3 is 10.5 Å². The lowest BCUT2D eigenvalue weighted by Gasteiger charge is -2.10. The molecule has 0 aliphatic heterocycles. The molecule has 0 aliphatic carbocycles. The van der Waals surface area contributed by atoms with E-state index >= 15 is 0 Å². The number of fused-ring (bicyclic) bond motifs is 1. The van der Waals surface area contributed by atoms with E-state index < -0.39 is 0 Å². The van der Waals surface area contributed by atoms with Crippen molar-refractivity contribution in [2.45, 2.75) is 6.92 Å². The summed E-state index contributed by atoms with van der Waals surface area (Å²) < 4.78 is 5.93. The number of Topliss-reactive ketones (excluding diaryl/α,β-unsaturated/α-hetero) is 1. The smallest absolute Gasteiger partial charge is 0.162 e. The van der Waals surface area contributed by atoms with Crippen molar-refractivity contribution in [3.8, 4) is 11.5 Å². The molecular formula is C18H15NO2. The SMILES string of the molecule is CC(=O)c1cc(Oc2cccc3ccccc23)ccc1N. The molecule has 0 heterocycles. The van der Waals surface area contributed by atoms with Gasteiger partial charge in [0.25, 0.3) is 0 Å². The third-order valence-electron chi connectivity index (χ3n) is 3.38. The lowest BCUT2D eigenvalue weighted by molar-refractivity contribution is 0.101. The number of ketones is 1. The maximum atomic E-state index is 11.5. The second-order valence-electron chi connectivity index (χ2n) is 4.88. The Kier molecular flexibility index (Phi) is 3.32. The maximum absolute atomic E-state index is 11.5. The van der Waals surface area contributed by atoms with Crippen molar-refractivity contribution in [3.63, 3.8) is 0 Å². The van der Waals surface area contributed by atoms with E-state index in [1.165, 1.54) is 6.92 Å². The van der Waals surface area contributed by atoms with Crippen LogP contribution in [0.3, 0.4) is 0 Å². The number of anilines is 1. The van der Waals surface area contributed by atoms with Crippen LogP contribution in [0.4, 0.5) is 5.69 Å². The van der Waals surface area contributed by atoms with Crippen LogP contribution in [-0.2, 0) is 0 Å². The summed E-state index contributed by atoms with van der Waals surface area (Å²) in [7, 11) is 0. The molecule has 0 saturated heterocycles. The van der Waals surface area contributed by atoms with Crippen molar-refractivity contribution < 1.29 is 9.53 Å². The first kappa shape index (κ1) is 13.2. The van der Waals surface area contributed by atoms with Crippen LogP contribution < -0.4 is 10.5 Å². The fourth-order valence-corrected chi connectivity index (χ4v) is 2.32. The van der Waals surface area contributed by atoms with Crippen LogP contribution in [0.1, 0.15) is 17.3 Å². The second-order valence-corrected chi connectivity index (χ2v) is 4.88. The standard InChI is InChI=1S/C18H15NO2/c1-12(20)16-11-14(9-10-17(16)19)21-18-8-4-6-13-5-2-3-7-15(13)18/h2-11H,19H2,1H3. The average molecular weight is 277 g/mol. The predicted molar refractivity (Wildman–Crippen MR) is 84.9 cm³/mol. The fourth-order valence-electron chi connectivity index (χ4n) is 2.32. The lowest BCUT2D eigenvalue weighted by atomic mass is 10.1. The number of rotatable bonds is 3. The highest BCUT2D eigenvalue weighted by Crippen LogP contribution is 2.31. The van der Waals surface area contributed by atoms with E-state index in [2.05, 4.69) is 0 Å². The highest BCUT2D eigenvalue weighted by atomic mass is 16.5. The molecule has 0 radical (unpaired) electrons. The van der Waals surface area contributed by atoms with Gasteiger partial charge in [0.1, 0.15) is 11.5 Å². The largest absolute Gasteiger partial charge is 0.457 e. The normalized spacial score (nSPS) is 10.5. The second kappa shape index (κ2) is 5.29. The zero-order valence-electron chi connectivity index (χ0n) is 11.7. The van der Waals surface area contributed by atoms with Crippen LogP contribution in [0, 0.1) is 0 Å². The minimum Gasteiger partial charge on any atom is -0.457 e. The molecular weight excluding hydrogens is 262 g/mol. The summed E-state index contributed by atoms with van der Waals surface area (Å²) >= 11 is 0. The maximum Gasteiger partial charge on any atom is 0.162 e. The summed E-state index contributed by atoms with van der Waals surface area (Å²) in [6.07, 6.45) is 0. The molecule has 0 saturated carbocycles. The van der Waals surface area contributed by atoms with Gasteiger partial charge in [-0.3, -0.25) is 4.79 Å². The highest BCUT2D eigenvalue weighted by Gasteiger charge is 2.08. The first-order valence-corrected chi connectivity index (χ1v) is 6.71. The minimum atomic E-state index is -0.0733. The zero-order chi connectivity index (χ0) is 14.8. The van der Waals surface area contributed by atoms with Crippen LogP contribution in [0.15, 0.2) is 60.7 Å². The highest BCUT2D eigenvalue weighted by molar-refractivity contribution is 5.99. The molecule has 21 heavy (non-hydrogen) atoms. The number of nitrogens with two attached hydrogens (primary N) is 1. The van der Waals surface area contributed by atoms with E-state index in [0.717, 1.165) is 16.5 Å². The van der Waals surface area contributed by atoms with Gasteiger partial charge in [-0.2, -0.15) is 0 Å². The molecule has 0 fully saturated rings. The Balaban J connectivity index is 2.03. The summed E-state index contributed by atoms with van der Waals surface area (Å²) in [5.41, 5.74) is 6.74. The molecule has 0 aliphatic rings. The number of hydrogen-bond acceptors (Lipinski definition) is 3. The van der Waals surface area contributed by atoms with Gasteiger partial charge in [0.15, 0.2) is 5.78 Å². The van der Waals surface area contributed by atoms with Gasteiger partial charge in [-0.05, 0) is 36.6 Å². The number of nitrogen functional groups attached to an aromatic ring is 1. The molecule has 3 nitrogen and oxygen atoms in total. The summed E-state index contributed by atoms with van der Waals surface area (Å²) in [4.78, 5) is 11.5. The van der Waals surface area contributed by atoms with Crippen molar-refractivity contribution in [1.82, 2.24) is 0 Å². The average Bonchev–Trinajstić information content (AvgIpc) is 2.49. The molecule has 0 amide bonds. The summed E-state index contributed by atoms with van der Waals surface area (Å²) in [6, 6.07) is 19.0. The number of ether oxygens (including phenoxy) is 1. The van der Waals surface area contributed by atoms with Crippen LogP contribution in [-0.4, -0.2) is 5.78 Å². The number of carbonyl (C=O) groups is 1. The quantitative estimate of drug-likeness (QED) is 0.569. The van der Waals surface area contributed by atoms with Crippen molar-refractivity contribution in [1.29, 1.82) is 0 Å². The van der Waals surface area contributed by atoms with E-state index in [9.17, 15) is 4.79 Å². The zero-order valence-corrected chi connectivity index (χ0v) is 11.7. The molecule has 0 bridgehead atoms.